The summed E-state index contributed by atoms with van der Waals surface area (Å²) < 4.78 is 5.63. The van der Waals surface area contributed by atoms with Gasteiger partial charge in [-0.3, -0.25) is 0 Å². The van der Waals surface area contributed by atoms with Gasteiger partial charge < -0.3 is 9.84 Å². The minimum atomic E-state index is -0.532. The smallest absolute Gasteiger partial charge is 0.347 e. The average Bonchev–Trinajstić information content (AvgIpc) is 2.70. The van der Waals surface area contributed by atoms with E-state index in [0.717, 1.165) is 18.4 Å². The number of phenols is 1. The molecule has 0 atom stereocenters. The number of rotatable bonds is 12. The van der Waals surface area contributed by atoms with Gasteiger partial charge in [-0.05, 0) is 42.5 Å². The normalized spacial score (nSPS) is 10.6. The highest BCUT2D eigenvalue weighted by Crippen LogP contribution is 2.27. The Hall–Kier alpha value is -2.55. The number of allylic oxidation sites excluding steroid dienone is 1. The third-order valence-electron chi connectivity index (χ3n) is 4.93. The van der Waals surface area contributed by atoms with E-state index in [4.69, 9.17) is 4.74 Å². The molecule has 0 spiro atoms. The molecule has 150 valence electrons. The van der Waals surface area contributed by atoms with E-state index in [9.17, 15) is 9.90 Å². The zero-order valence-electron chi connectivity index (χ0n) is 17.0. The van der Waals surface area contributed by atoms with Crippen LogP contribution in [0.15, 0.2) is 55.1 Å². The summed E-state index contributed by atoms with van der Waals surface area (Å²) in [6, 6.07) is 12.8. The first-order valence-electron chi connectivity index (χ1n) is 10.4. The van der Waals surface area contributed by atoms with E-state index in [0.29, 0.717) is 17.7 Å². The zero-order valence-corrected chi connectivity index (χ0v) is 17.0. The van der Waals surface area contributed by atoms with Gasteiger partial charge in [0, 0.05) is 0 Å². The van der Waals surface area contributed by atoms with Crippen molar-refractivity contribution in [1.82, 2.24) is 0 Å². The predicted octanol–water partition coefficient (Wildman–Crippen LogP) is 6.63. The van der Waals surface area contributed by atoms with Crippen LogP contribution in [0, 0.1) is 0 Å². The molecule has 0 aromatic heterocycles. The summed E-state index contributed by atoms with van der Waals surface area (Å²) >= 11 is 0. The van der Waals surface area contributed by atoms with Crippen molar-refractivity contribution in [2.24, 2.45) is 0 Å². The Morgan fingerprint density at radius 2 is 1.64 bits per heavy atom. The Morgan fingerprint density at radius 3 is 2.39 bits per heavy atom. The lowest BCUT2D eigenvalue weighted by Gasteiger charge is -2.12. The number of aryl methyl sites for hydroxylation is 1. The number of aromatic hydroxyl groups is 1. The number of ether oxygens (including phenoxy) is 1. The van der Waals surface area contributed by atoms with E-state index >= 15 is 0 Å². The van der Waals surface area contributed by atoms with Gasteiger partial charge in [-0.15, -0.1) is 6.58 Å². The van der Waals surface area contributed by atoms with Gasteiger partial charge in [0.15, 0.2) is 0 Å². The van der Waals surface area contributed by atoms with Gasteiger partial charge in [0.2, 0.25) is 0 Å². The molecular formula is C25H32O3. The van der Waals surface area contributed by atoms with Gasteiger partial charge in [0.05, 0.1) is 0 Å². The van der Waals surface area contributed by atoms with Crippen LogP contribution in [0.5, 0.6) is 11.5 Å². The van der Waals surface area contributed by atoms with Crippen LogP contribution in [0.25, 0.3) is 0 Å². The number of phenolic OH excluding ortho intramolecular Hbond substituents is 1. The first kappa shape index (κ1) is 21.7. The van der Waals surface area contributed by atoms with E-state index in [2.05, 4.69) is 13.5 Å². The molecule has 0 aliphatic heterocycles. The second-order valence-corrected chi connectivity index (χ2v) is 7.17. The van der Waals surface area contributed by atoms with Crippen LogP contribution in [0.3, 0.4) is 0 Å². The second kappa shape index (κ2) is 12.0. The molecule has 2 rings (SSSR count). The van der Waals surface area contributed by atoms with Crippen LogP contribution in [0.4, 0.5) is 0 Å². The maximum atomic E-state index is 12.6. The van der Waals surface area contributed by atoms with Crippen LogP contribution >= 0.6 is 0 Å². The van der Waals surface area contributed by atoms with Gasteiger partial charge in [0.25, 0.3) is 0 Å². The van der Waals surface area contributed by atoms with Crippen molar-refractivity contribution in [2.75, 3.05) is 0 Å². The maximum Gasteiger partial charge on any atom is 0.347 e. The minimum Gasteiger partial charge on any atom is -0.507 e. The van der Waals surface area contributed by atoms with Gasteiger partial charge in [-0.25, -0.2) is 4.79 Å². The van der Waals surface area contributed by atoms with Gasteiger partial charge in [-0.1, -0.05) is 81.9 Å². The fraction of sp³-hybridized carbons (Fsp3) is 0.400. The van der Waals surface area contributed by atoms with Gasteiger partial charge in [-0.2, -0.15) is 0 Å². The Bertz CT molecular complexity index is 764. The number of esters is 1. The topological polar surface area (TPSA) is 46.5 Å². The monoisotopic (exact) mass is 380 g/mol. The fourth-order valence-corrected chi connectivity index (χ4v) is 3.31. The Morgan fingerprint density at radius 1 is 0.964 bits per heavy atom. The SMILES string of the molecule is C=CCc1cccc(C(=O)Oc2ccccc2CCCCCCCCC)c1O. The molecule has 28 heavy (non-hydrogen) atoms. The van der Waals surface area contributed by atoms with Crippen molar-refractivity contribution >= 4 is 5.97 Å². The summed E-state index contributed by atoms with van der Waals surface area (Å²) in [7, 11) is 0. The molecule has 0 amide bonds. The number of unbranched alkanes of at least 4 members (excludes halogenated alkanes) is 6. The number of hydrogen-bond donors (Lipinski definition) is 1. The van der Waals surface area contributed by atoms with E-state index in [1.54, 1.807) is 24.3 Å². The lowest BCUT2D eigenvalue weighted by atomic mass is 10.0. The predicted molar refractivity (Wildman–Crippen MR) is 115 cm³/mol. The number of carbonyl (C=O) groups excluding carboxylic acids is 1. The lowest BCUT2D eigenvalue weighted by molar-refractivity contribution is 0.0729. The molecule has 0 heterocycles. The Labute approximate surface area is 169 Å². The first-order valence-corrected chi connectivity index (χ1v) is 10.4. The summed E-state index contributed by atoms with van der Waals surface area (Å²) in [6.45, 7) is 5.91. The Balaban J connectivity index is 1.96. The van der Waals surface area contributed by atoms with Crippen LogP contribution < -0.4 is 4.74 Å². The second-order valence-electron chi connectivity index (χ2n) is 7.17. The molecular weight excluding hydrogens is 348 g/mol. The molecule has 3 nitrogen and oxygen atoms in total. The molecule has 1 N–H and O–H groups in total. The van der Waals surface area contributed by atoms with E-state index < -0.39 is 5.97 Å². The van der Waals surface area contributed by atoms with Crippen molar-refractivity contribution in [3.8, 4) is 11.5 Å². The highest BCUT2D eigenvalue weighted by Gasteiger charge is 2.17. The fourth-order valence-electron chi connectivity index (χ4n) is 3.31. The minimum absolute atomic E-state index is 0.0306. The third kappa shape index (κ3) is 6.56. The standard InChI is InChI=1S/C25H32O3/c1-3-5-6-7-8-9-10-15-20-16-11-12-19-23(20)28-25(27)22-18-13-17-21(14-4-2)24(22)26/h4,11-13,16-19,26H,2-3,5-10,14-15H2,1H3. The Kier molecular flexibility index (Phi) is 9.33. The summed E-state index contributed by atoms with van der Waals surface area (Å²) in [5, 5.41) is 10.4. The van der Waals surface area contributed by atoms with Crippen molar-refractivity contribution in [3.63, 3.8) is 0 Å². The summed E-state index contributed by atoms with van der Waals surface area (Å²) in [4.78, 5) is 12.6. The van der Waals surface area contributed by atoms with E-state index in [1.807, 2.05) is 24.3 Å². The molecule has 3 heteroatoms. The van der Waals surface area contributed by atoms with Crippen molar-refractivity contribution in [1.29, 1.82) is 0 Å². The van der Waals surface area contributed by atoms with Crippen LogP contribution in [0.1, 0.15) is 73.4 Å². The van der Waals surface area contributed by atoms with E-state index in [1.165, 1.54) is 38.5 Å². The van der Waals surface area contributed by atoms with Crippen molar-refractivity contribution in [2.45, 2.75) is 64.7 Å². The molecule has 0 aliphatic rings. The van der Waals surface area contributed by atoms with E-state index in [-0.39, 0.29) is 11.3 Å². The average molecular weight is 381 g/mol. The molecule has 0 bridgehead atoms. The van der Waals surface area contributed by atoms with Gasteiger partial charge in [0.1, 0.15) is 17.1 Å². The maximum absolute atomic E-state index is 12.6. The number of benzene rings is 2. The van der Waals surface area contributed by atoms with Crippen molar-refractivity contribution < 1.29 is 14.6 Å². The first-order chi connectivity index (χ1) is 13.7. The number of hydrogen-bond acceptors (Lipinski definition) is 3. The molecule has 2 aromatic rings. The van der Waals surface area contributed by atoms with Crippen LogP contribution in [-0.4, -0.2) is 11.1 Å². The van der Waals surface area contributed by atoms with Crippen LogP contribution in [0.2, 0.25) is 0 Å². The third-order valence-corrected chi connectivity index (χ3v) is 4.93. The van der Waals surface area contributed by atoms with Gasteiger partial charge >= 0.3 is 5.97 Å². The zero-order chi connectivity index (χ0) is 20.2. The molecule has 2 aromatic carbocycles. The highest BCUT2D eigenvalue weighted by atomic mass is 16.5. The number of para-hydroxylation sites is 2. The lowest BCUT2D eigenvalue weighted by Crippen LogP contribution is -2.11. The molecule has 0 aliphatic carbocycles. The molecule has 0 radical (unpaired) electrons. The molecule has 0 fully saturated rings. The molecule has 0 unspecified atom stereocenters. The molecule has 0 saturated heterocycles. The van der Waals surface area contributed by atoms with Crippen LogP contribution in [-0.2, 0) is 12.8 Å². The van der Waals surface area contributed by atoms with Crippen molar-refractivity contribution in [3.05, 3.63) is 71.8 Å². The molecule has 0 saturated carbocycles. The summed E-state index contributed by atoms with van der Waals surface area (Å²) in [5.41, 5.74) is 1.89. The highest BCUT2D eigenvalue weighted by molar-refractivity contribution is 5.94. The summed E-state index contributed by atoms with van der Waals surface area (Å²) in [6.07, 6.45) is 11.8. The summed E-state index contributed by atoms with van der Waals surface area (Å²) in [5.74, 6) is 0.0133. The quantitative estimate of drug-likeness (QED) is 0.194. The largest absolute Gasteiger partial charge is 0.507 e. The number of carbonyl (C=O) groups is 1.